The molecule has 0 N–H and O–H groups in total. The molecule has 0 aliphatic carbocycles. The number of epoxide rings is 1. The Kier molecular flexibility index (Phi) is 7.41. The SMILES string of the molecule is CCCCS(=O)(=O)N(C)C(=O)OCCCC1OC1OCC. The molecule has 7 nitrogen and oxygen atoms in total. The third kappa shape index (κ3) is 6.19. The largest absolute Gasteiger partial charge is 0.449 e. The lowest BCUT2D eigenvalue weighted by atomic mass is 10.2. The van der Waals surface area contributed by atoms with Crippen molar-refractivity contribution in [3.05, 3.63) is 0 Å². The lowest BCUT2D eigenvalue weighted by Gasteiger charge is -2.16. The zero-order valence-corrected chi connectivity index (χ0v) is 13.7. The fourth-order valence-electron chi connectivity index (χ4n) is 1.75. The molecule has 1 aliphatic heterocycles. The molecule has 0 aromatic rings. The van der Waals surface area contributed by atoms with E-state index < -0.39 is 16.1 Å². The van der Waals surface area contributed by atoms with Gasteiger partial charge in [0.05, 0.1) is 12.4 Å². The Hall–Kier alpha value is -0.860. The van der Waals surface area contributed by atoms with Crippen molar-refractivity contribution in [2.45, 2.75) is 51.9 Å². The molecule has 21 heavy (non-hydrogen) atoms. The first-order chi connectivity index (χ1) is 9.92. The van der Waals surface area contributed by atoms with E-state index in [9.17, 15) is 13.2 Å². The topological polar surface area (TPSA) is 85.4 Å². The Morgan fingerprint density at radius 3 is 2.62 bits per heavy atom. The molecule has 1 heterocycles. The first-order valence-electron chi connectivity index (χ1n) is 7.32. The molecule has 0 aromatic heterocycles. The quantitative estimate of drug-likeness (QED) is 0.449. The Bertz CT molecular complexity index is 424. The zero-order valence-electron chi connectivity index (χ0n) is 12.9. The molecule has 1 amide bonds. The maximum atomic E-state index is 11.8. The van der Waals surface area contributed by atoms with E-state index in [-0.39, 0.29) is 24.8 Å². The standard InChI is InChI=1S/C13H25NO6S/c1-4-6-10-21(16,17)14(3)13(15)19-9-7-8-11-12(20-11)18-5-2/h11-12H,4-10H2,1-3H3. The Morgan fingerprint density at radius 2 is 2.00 bits per heavy atom. The fourth-order valence-corrected chi connectivity index (χ4v) is 2.96. The summed E-state index contributed by atoms with van der Waals surface area (Å²) in [5.41, 5.74) is 0. The van der Waals surface area contributed by atoms with Crippen LogP contribution in [0.5, 0.6) is 0 Å². The van der Waals surface area contributed by atoms with Gasteiger partial charge in [0.1, 0.15) is 6.10 Å². The van der Waals surface area contributed by atoms with Crippen molar-refractivity contribution in [3.63, 3.8) is 0 Å². The van der Waals surface area contributed by atoms with Crippen LogP contribution in [0.1, 0.15) is 39.5 Å². The number of amides is 1. The van der Waals surface area contributed by atoms with E-state index in [0.29, 0.717) is 23.8 Å². The summed E-state index contributed by atoms with van der Waals surface area (Å²) < 4.78 is 39.7. The predicted octanol–water partition coefficient (Wildman–Crippen LogP) is 1.73. The molecule has 0 saturated carbocycles. The van der Waals surface area contributed by atoms with Crippen LogP contribution in [-0.2, 0) is 24.2 Å². The van der Waals surface area contributed by atoms with E-state index in [0.717, 1.165) is 12.8 Å². The van der Waals surface area contributed by atoms with E-state index >= 15 is 0 Å². The Morgan fingerprint density at radius 1 is 1.29 bits per heavy atom. The van der Waals surface area contributed by atoms with Crippen LogP contribution < -0.4 is 0 Å². The van der Waals surface area contributed by atoms with Gasteiger partial charge in [-0.15, -0.1) is 0 Å². The normalized spacial score (nSPS) is 21.1. The lowest BCUT2D eigenvalue weighted by molar-refractivity contribution is 0.0593. The average Bonchev–Trinajstić information content (AvgIpc) is 3.19. The molecule has 8 heteroatoms. The van der Waals surface area contributed by atoms with Gasteiger partial charge in [0.2, 0.25) is 10.0 Å². The molecule has 0 radical (unpaired) electrons. The maximum absolute atomic E-state index is 11.8. The highest BCUT2D eigenvalue weighted by Gasteiger charge is 2.38. The number of ether oxygens (including phenoxy) is 3. The van der Waals surface area contributed by atoms with Crippen molar-refractivity contribution in [2.75, 3.05) is 26.0 Å². The molecule has 0 bridgehead atoms. The molecular formula is C13H25NO6S. The first kappa shape index (κ1) is 18.2. The fraction of sp³-hybridized carbons (Fsp3) is 0.923. The van der Waals surface area contributed by atoms with Crippen molar-refractivity contribution in [3.8, 4) is 0 Å². The molecule has 1 aliphatic rings. The van der Waals surface area contributed by atoms with Crippen LogP contribution in [0.2, 0.25) is 0 Å². The van der Waals surface area contributed by atoms with E-state index in [1.807, 2.05) is 13.8 Å². The van der Waals surface area contributed by atoms with Gasteiger partial charge in [0, 0.05) is 13.7 Å². The van der Waals surface area contributed by atoms with Gasteiger partial charge < -0.3 is 14.2 Å². The second-order valence-corrected chi connectivity index (χ2v) is 7.01. The summed E-state index contributed by atoms with van der Waals surface area (Å²) in [4.78, 5) is 11.6. The minimum atomic E-state index is -3.56. The van der Waals surface area contributed by atoms with Gasteiger partial charge in [0.15, 0.2) is 6.29 Å². The smallest absolute Gasteiger partial charge is 0.423 e. The van der Waals surface area contributed by atoms with E-state index in [2.05, 4.69) is 0 Å². The van der Waals surface area contributed by atoms with Crippen LogP contribution in [0.3, 0.4) is 0 Å². The van der Waals surface area contributed by atoms with Crippen LogP contribution in [-0.4, -0.2) is 57.2 Å². The van der Waals surface area contributed by atoms with Gasteiger partial charge in [-0.1, -0.05) is 13.3 Å². The summed E-state index contributed by atoms with van der Waals surface area (Å²) in [6.07, 6.45) is 1.72. The van der Waals surface area contributed by atoms with Gasteiger partial charge >= 0.3 is 6.09 Å². The van der Waals surface area contributed by atoms with Crippen molar-refractivity contribution >= 4 is 16.1 Å². The van der Waals surface area contributed by atoms with Gasteiger partial charge in [-0.05, 0) is 26.2 Å². The maximum Gasteiger partial charge on any atom is 0.423 e. The minimum Gasteiger partial charge on any atom is -0.449 e. The number of rotatable bonds is 10. The number of carbonyl (C=O) groups excluding carboxylic acids is 1. The van der Waals surface area contributed by atoms with Crippen molar-refractivity contribution in [1.82, 2.24) is 4.31 Å². The third-order valence-electron chi connectivity index (χ3n) is 3.16. The second kappa shape index (κ2) is 8.55. The molecule has 0 aromatic carbocycles. The number of sulfonamides is 1. The van der Waals surface area contributed by atoms with E-state index in [4.69, 9.17) is 14.2 Å². The van der Waals surface area contributed by atoms with Gasteiger partial charge in [0.25, 0.3) is 0 Å². The molecule has 1 rings (SSSR count). The molecule has 1 fully saturated rings. The summed E-state index contributed by atoms with van der Waals surface area (Å²) in [5.74, 6) is -0.0406. The summed E-state index contributed by atoms with van der Waals surface area (Å²) >= 11 is 0. The Balaban J connectivity index is 2.18. The average molecular weight is 323 g/mol. The summed E-state index contributed by atoms with van der Waals surface area (Å²) in [6.45, 7) is 4.57. The van der Waals surface area contributed by atoms with Crippen LogP contribution in [0.4, 0.5) is 4.79 Å². The third-order valence-corrected chi connectivity index (χ3v) is 4.94. The lowest BCUT2D eigenvalue weighted by Crippen LogP contribution is -2.35. The molecular weight excluding hydrogens is 298 g/mol. The van der Waals surface area contributed by atoms with Gasteiger partial charge in [-0.3, -0.25) is 0 Å². The Labute approximate surface area is 126 Å². The summed E-state index contributed by atoms with van der Waals surface area (Å²) in [7, 11) is -2.34. The highest BCUT2D eigenvalue weighted by atomic mass is 32.2. The molecule has 124 valence electrons. The van der Waals surface area contributed by atoms with Gasteiger partial charge in [-0.25, -0.2) is 17.5 Å². The van der Waals surface area contributed by atoms with Gasteiger partial charge in [-0.2, -0.15) is 0 Å². The number of nitrogens with zero attached hydrogens (tertiary/aromatic N) is 1. The second-order valence-electron chi connectivity index (χ2n) is 4.89. The zero-order chi connectivity index (χ0) is 15.9. The highest BCUT2D eigenvalue weighted by Crippen LogP contribution is 2.27. The van der Waals surface area contributed by atoms with Crippen LogP contribution in [0.15, 0.2) is 0 Å². The molecule has 2 atom stereocenters. The number of unbranched alkanes of at least 4 members (excludes halogenated alkanes) is 1. The van der Waals surface area contributed by atoms with Crippen LogP contribution in [0, 0.1) is 0 Å². The number of hydrogen-bond acceptors (Lipinski definition) is 6. The summed E-state index contributed by atoms with van der Waals surface area (Å²) in [6, 6.07) is 0. The molecule has 1 saturated heterocycles. The molecule has 0 spiro atoms. The first-order valence-corrected chi connectivity index (χ1v) is 8.93. The summed E-state index contributed by atoms with van der Waals surface area (Å²) in [5, 5.41) is 0. The minimum absolute atomic E-state index is 0.0406. The number of hydrogen-bond donors (Lipinski definition) is 0. The van der Waals surface area contributed by atoms with Crippen molar-refractivity contribution < 1.29 is 27.4 Å². The predicted molar refractivity (Wildman–Crippen MR) is 77.3 cm³/mol. The van der Waals surface area contributed by atoms with E-state index in [1.165, 1.54) is 7.05 Å². The van der Waals surface area contributed by atoms with Crippen LogP contribution >= 0.6 is 0 Å². The monoisotopic (exact) mass is 323 g/mol. The van der Waals surface area contributed by atoms with E-state index in [1.54, 1.807) is 0 Å². The van der Waals surface area contributed by atoms with Crippen molar-refractivity contribution in [2.24, 2.45) is 0 Å². The van der Waals surface area contributed by atoms with Crippen LogP contribution in [0.25, 0.3) is 0 Å². The van der Waals surface area contributed by atoms with Crippen molar-refractivity contribution in [1.29, 1.82) is 0 Å². The molecule has 2 unspecified atom stereocenters. The highest BCUT2D eigenvalue weighted by molar-refractivity contribution is 7.89. The number of carbonyl (C=O) groups is 1.